The van der Waals surface area contributed by atoms with Crippen molar-refractivity contribution in [2.24, 2.45) is 0 Å². The molecule has 0 saturated carbocycles. The summed E-state index contributed by atoms with van der Waals surface area (Å²) in [5, 5.41) is 7.48. The van der Waals surface area contributed by atoms with E-state index in [1.54, 1.807) is 0 Å². The van der Waals surface area contributed by atoms with Crippen molar-refractivity contribution < 1.29 is 38.4 Å². The van der Waals surface area contributed by atoms with Crippen molar-refractivity contribution in [3.63, 3.8) is 0 Å². The molecule has 2 unspecified atom stereocenters. The molecule has 3 aliphatic rings. The first kappa shape index (κ1) is 28.6. The molecule has 0 aromatic heterocycles. The van der Waals surface area contributed by atoms with E-state index in [0.717, 1.165) is 6.29 Å². The van der Waals surface area contributed by atoms with Crippen molar-refractivity contribution in [1.82, 2.24) is 25.8 Å². The zero-order valence-corrected chi connectivity index (χ0v) is 20.3. The van der Waals surface area contributed by atoms with E-state index in [9.17, 15) is 38.4 Å². The van der Waals surface area contributed by atoms with Crippen LogP contribution in [0.4, 0.5) is 0 Å². The lowest BCUT2D eigenvalue weighted by molar-refractivity contribution is -0.143. The normalized spacial score (nSPS) is 27.2. The summed E-state index contributed by atoms with van der Waals surface area (Å²) in [6.45, 7) is 1.97. The van der Waals surface area contributed by atoms with Crippen molar-refractivity contribution in [2.45, 2.75) is 76.0 Å². The van der Waals surface area contributed by atoms with Crippen LogP contribution in [0.1, 0.15) is 51.9 Å². The predicted octanol–water partition coefficient (Wildman–Crippen LogP) is -2.16. The minimum Gasteiger partial charge on any atom is -0.345 e. The number of hydrogen-bond donors (Lipinski definition) is 3. The molecule has 3 N–H and O–H groups in total. The van der Waals surface area contributed by atoms with Crippen LogP contribution in [0.2, 0.25) is 0 Å². The highest BCUT2D eigenvalue weighted by Gasteiger charge is 2.41. The molecule has 0 radical (unpaired) electrons. The van der Waals surface area contributed by atoms with E-state index in [0.29, 0.717) is 51.2 Å². The molecule has 5 amide bonds. The minimum atomic E-state index is -1.20. The second kappa shape index (κ2) is 14.0. The lowest BCUT2D eigenvalue weighted by atomic mass is 10.1. The smallest absolute Gasteiger partial charge is 0.246 e. The van der Waals surface area contributed by atoms with Gasteiger partial charge in [-0.1, -0.05) is 6.92 Å². The van der Waals surface area contributed by atoms with Gasteiger partial charge >= 0.3 is 0 Å². The van der Waals surface area contributed by atoms with Gasteiger partial charge in [-0.2, -0.15) is 0 Å². The number of rotatable bonds is 5. The SMILES string of the molecule is CCC=O.O=CCC1NC(=O)C2CCCN2C(=O)CNC(=O)[C@@H](CC=O)NC(=O)[C@@H]2CCCN2C1=O. The lowest BCUT2D eigenvalue weighted by Gasteiger charge is -2.30. The van der Waals surface area contributed by atoms with Crippen molar-refractivity contribution >= 4 is 48.4 Å². The number of carbonyl (C=O) groups excluding carboxylic acids is 8. The van der Waals surface area contributed by atoms with Gasteiger partial charge in [-0.3, -0.25) is 24.0 Å². The van der Waals surface area contributed by atoms with Crippen LogP contribution in [0.5, 0.6) is 0 Å². The molecule has 0 spiro atoms. The lowest BCUT2D eigenvalue weighted by Crippen LogP contribution is -2.57. The number of nitrogens with zero attached hydrogens (tertiary/aromatic N) is 2. The molecule has 36 heavy (non-hydrogen) atoms. The van der Waals surface area contributed by atoms with Crippen LogP contribution >= 0.6 is 0 Å². The number of hydrogen-bond acceptors (Lipinski definition) is 8. The van der Waals surface area contributed by atoms with Crippen LogP contribution in [0.3, 0.4) is 0 Å². The van der Waals surface area contributed by atoms with Gasteiger partial charge in [-0.15, -0.1) is 0 Å². The Morgan fingerprint density at radius 1 is 0.750 bits per heavy atom. The van der Waals surface area contributed by atoms with Crippen LogP contribution in [0.15, 0.2) is 0 Å². The van der Waals surface area contributed by atoms with Crippen LogP contribution in [0, 0.1) is 0 Å². The molecule has 4 atom stereocenters. The summed E-state index contributed by atoms with van der Waals surface area (Å²) in [4.78, 5) is 98.0. The first-order valence-corrected chi connectivity index (χ1v) is 12.1. The highest BCUT2D eigenvalue weighted by atomic mass is 16.2. The summed E-state index contributed by atoms with van der Waals surface area (Å²) >= 11 is 0. The number of carbonyl (C=O) groups is 8. The van der Waals surface area contributed by atoms with E-state index in [1.807, 2.05) is 6.92 Å². The van der Waals surface area contributed by atoms with Gasteiger partial charge in [-0.05, 0) is 25.7 Å². The molecule has 13 heteroatoms. The van der Waals surface area contributed by atoms with Gasteiger partial charge < -0.3 is 40.1 Å². The van der Waals surface area contributed by atoms with E-state index in [1.165, 1.54) is 9.80 Å². The predicted molar refractivity (Wildman–Crippen MR) is 124 cm³/mol. The monoisotopic (exact) mass is 507 g/mol. The fourth-order valence-corrected chi connectivity index (χ4v) is 4.41. The summed E-state index contributed by atoms with van der Waals surface area (Å²) in [6.07, 6.45) is 3.76. The summed E-state index contributed by atoms with van der Waals surface area (Å²) in [7, 11) is 0. The van der Waals surface area contributed by atoms with E-state index >= 15 is 0 Å². The highest BCUT2D eigenvalue weighted by molar-refractivity contribution is 5.98. The average Bonchev–Trinajstić information content (AvgIpc) is 3.56. The summed E-state index contributed by atoms with van der Waals surface area (Å²) < 4.78 is 0. The first-order valence-electron chi connectivity index (χ1n) is 12.1. The van der Waals surface area contributed by atoms with Crippen molar-refractivity contribution in [2.75, 3.05) is 19.6 Å². The quantitative estimate of drug-likeness (QED) is 0.352. The molecule has 3 saturated heterocycles. The molecule has 3 fully saturated rings. The fourth-order valence-electron chi connectivity index (χ4n) is 4.41. The Morgan fingerprint density at radius 3 is 1.81 bits per heavy atom. The van der Waals surface area contributed by atoms with Gasteiger partial charge in [0.1, 0.15) is 43.0 Å². The van der Waals surface area contributed by atoms with E-state index < -0.39 is 60.2 Å². The standard InChI is InChI=1S/C20H27N5O7.C3H6O/c26-9-5-12-17(29)21-11-16(28)24-7-1-3-14(24)18(30)23-13(6-10-27)20(32)25-8-2-4-15(25)19(31)22-12;1-2-3-4/h9-10,12-15H,1-8,11H2,(H,21,29)(H,22,31)(H,23,30);3H,2H2,1H3/t12-,13?,14?,15+;/m1./s1. The van der Waals surface area contributed by atoms with E-state index in [-0.39, 0.29) is 19.4 Å². The Bertz CT molecular complexity index is 879. The largest absolute Gasteiger partial charge is 0.345 e. The molecule has 0 aromatic rings. The molecule has 0 aromatic carbocycles. The second-order valence-electron chi connectivity index (χ2n) is 8.65. The fraction of sp³-hybridized carbons (Fsp3) is 0.652. The molecule has 3 aliphatic heterocycles. The van der Waals surface area contributed by atoms with Crippen molar-refractivity contribution in [3.05, 3.63) is 0 Å². The van der Waals surface area contributed by atoms with Gasteiger partial charge in [0.2, 0.25) is 29.5 Å². The van der Waals surface area contributed by atoms with Gasteiger partial charge in [-0.25, -0.2) is 0 Å². The third kappa shape index (κ3) is 7.18. The molecular weight excluding hydrogens is 474 g/mol. The van der Waals surface area contributed by atoms with Gasteiger partial charge in [0.05, 0.1) is 6.54 Å². The molecular formula is C23H33N5O8. The summed E-state index contributed by atoms with van der Waals surface area (Å²) in [6, 6.07) is -4.09. The van der Waals surface area contributed by atoms with Crippen LogP contribution in [-0.2, 0) is 38.4 Å². The average molecular weight is 508 g/mol. The topological polar surface area (TPSA) is 179 Å². The number of nitrogens with one attached hydrogen (secondary N) is 3. The van der Waals surface area contributed by atoms with E-state index in [2.05, 4.69) is 16.0 Å². The highest BCUT2D eigenvalue weighted by Crippen LogP contribution is 2.21. The Labute approximate surface area is 208 Å². The molecule has 198 valence electrons. The Balaban J connectivity index is 0.00000106. The summed E-state index contributed by atoms with van der Waals surface area (Å²) in [5.41, 5.74) is 0. The zero-order chi connectivity index (χ0) is 26.7. The Morgan fingerprint density at radius 2 is 1.25 bits per heavy atom. The van der Waals surface area contributed by atoms with Crippen LogP contribution in [-0.4, -0.2) is 102 Å². The third-order valence-corrected chi connectivity index (χ3v) is 6.21. The zero-order valence-electron chi connectivity index (χ0n) is 20.3. The second-order valence-corrected chi connectivity index (χ2v) is 8.65. The molecule has 3 rings (SSSR count). The van der Waals surface area contributed by atoms with Gasteiger partial charge in [0, 0.05) is 32.4 Å². The third-order valence-electron chi connectivity index (χ3n) is 6.21. The van der Waals surface area contributed by atoms with Gasteiger partial charge in [0.15, 0.2) is 0 Å². The number of amides is 5. The number of aldehydes is 3. The Kier molecular flexibility index (Phi) is 11.2. The number of fused-ring (bicyclic) bond motifs is 2. The van der Waals surface area contributed by atoms with Crippen molar-refractivity contribution in [1.29, 1.82) is 0 Å². The van der Waals surface area contributed by atoms with Crippen molar-refractivity contribution in [3.8, 4) is 0 Å². The Hall–Kier alpha value is -3.64. The first-order chi connectivity index (χ1) is 17.3. The molecule has 0 bridgehead atoms. The molecule has 3 heterocycles. The molecule has 0 aliphatic carbocycles. The summed E-state index contributed by atoms with van der Waals surface area (Å²) in [5.74, 6) is -2.96. The maximum atomic E-state index is 13.1. The van der Waals surface area contributed by atoms with Gasteiger partial charge in [0.25, 0.3) is 0 Å². The van der Waals surface area contributed by atoms with Crippen LogP contribution in [0.25, 0.3) is 0 Å². The maximum Gasteiger partial charge on any atom is 0.246 e. The van der Waals surface area contributed by atoms with E-state index in [4.69, 9.17) is 0 Å². The van der Waals surface area contributed by atoms with Crippen LogP contribution < -0.4 is 16.0 Å². The maximum absolute atomic E-state index is 13.1. The minimum absolute atomic E-state index is 0.251. The molecule has 13 nitrogen and oxygen atoms in total.